The molecular weight excluding hydrogens is 492 g/mol. The van der Waals surface area contributed by atoms with Crippen LogP contribution in [0.25, 0.3) is 0 Å². The third-order valence-corrected chi connectivity index (χ3v) is 3.72. The summed E-state index contributed by atoms with van der Waals surface area (Å²) in [6, 6.07) is 8.10. The maximum atomic E-state index is 13.3. The van der Waals surface area contributed by atoms with Gasteiger partial charge < -0.3 is 20.2 Å². The molecule has 1 aromatic carbocycles. The number of guanidine groups is 1. The maximum Gasteiger partial charge on any atom is 0.191 e. The molecule has 1 aromatic heterocycles. The van der Waals surface area contributed by atoms with E-state index in [1.54, 1.807) is 26.1 Å². The maximum absolute atomic E-state index is 13.3. The van der Waals surface area contributed by atoms with E-state index in [2.05, 4.69) is 31.6 Å². The molecule has 1 unspecified atom stereocenters. The molecule has 2 rings (SSSR count). The highest BCUT2D eigenvalue weighted by Crippen LogP contribution is 2.19. The molecule has 2 aromatic rings. The van der Waals surface area contributed by atoms with Gasteiger partial charge in [-0.05, 0) is 42.8 Å². The van der Waals surface area contributed by atoms with E-state index in [1.165, 1.54) is 18.4 Å². The molecule has 0 saturated carbocycles. The Bertz CT molecular complexity index is 658. The highest BCUT2D eigenvalue weighted by atomic mass is 127. The van der Waals surface area contributed by atoms with E-state index < -0.39 is 5.60 Å². The molecule has 0 aliphatic carbocycles. The number of rotatable bonds is 5. The molecule has 1 heterocycles. The van der Waals surface area contributed by atoms with Crippen molar-refractivity contribution in [2.45, 2.75) is 19.1 Å². The summed E-state index contributed by atoms with van der Waals surface area (Å²) in [6.07, 6.45) is 1.51. The van der Waals surface area contributed by atoms with E-state index in [1.807, 2.05) is 6.07 Å². The SMILES string of the molecule is CN=C(NCc1cc(F)cc(Br)c1)NCC(C)(O)c1ccco1.I. The summed E-state index contributed by atoms with van der Waals surface area (Å²) in [6.45, 7) is 2.27. The fourth-order valence-corrected chi connectivity index (χ4v) is 2.56. The number of nitrogens with one attached hydrogen (secondary N) is 2. The molecule has 5 nitrogen and oxygen atoms in total. The minimum atomic E-state index is -1.16. The number of aliphatic hydroxyl groups is 1. The van der Waals surface area contributed by atoms with Crippen molar-refractivity contribution in [2.75, 3.05) is 13.6 Å². The Hall–Kier alpha value is -1.13. The van der Waals surface area contributed by atoms with E-state index >= 15 is 0 Å². The van der Waals surface area contributed by atoms with Gasteiger partial charge in [-0.2, -0.15) is 0 Å². The molecule has 24 heavy (non-hydrogen) atoms. The van der Waals surface area contributed by atoms with Crippen LogP contribution in [-0.4, -0.2) is 24.7 Å². The standard InChI is InChI=1S/C16H19BrFN3O2.HI/c1-16(22,14-4-3-5-23-14)10-21-15(19-2)20-9-11-6-12(17)8-13(18)7-11;/h3-8,22H,9-10H2,1-2H3,(H2,19,20,21);1H. The zero-order valence-electron chi connectivity index (χ0n) is 13.3. The van der Waals surface area contributed by atoms with Crippen LogP contribution in [0.2, 0.25) is 0 Å². The van der Waals surface area contributed by atoms with E-state index in [-0.39, 0.29) is 36.3 Å². The summed E-state index contributed by atoms with van der Waals surface area (Å²) >= 11 is 3.26. The second kappa shape index (κ2) is 9.38. The largest absolute Gasteiger partial charge is 0.466 e. The fourth-order valence-electron chi connectivity index (χ4n) is 2.05. The van der Waals surface area contributed by atoms with Crippen LogP contribution in [0.15, 0.2) is 50.5 Å². The van der Waals surface area contributed by atoms with Gasteiger partial charge >= 0.3 is 0 Å². The van der Waals surface area contributed by atoms with Crippen molar-refractivity contribution in [3.05, 3.63) is 58.2 Å². The molecular formula is C16H20BrFIN3O2. The normalized spacial score (nSPS) is 13.8. The lowest BCUT2D eigenvalue weighted by Crippen LogP contribution is -2.44. The lowest BCUT2D eigenvalue weighted by atomic mass is 10.0. The molecule has 0 bridgehead atoms. The molecule has 132 valence electrons. The van der Waals surface area contributed by atoms with Crippen molar-refractivity contribution in [1.29, 1.82) is 0 Å². The summed E-state index contributed by atoms with van der Waals surface area (Å²) in [5.41, 5.74) is -0.388. The topological polar surface area (TPSA) is 69.8 Å². The second-order valence-corrected chi connectivity index (χ2v) is 6.22. The van der Waals surface area contributed by atoms with Crippen LogP contribution in [0.3, 0.4) is 0 Å². The Balaban J connectivity index is 0.00000288. The van der Waals surface area contributed by atoms with Crippen molar-refractivity contribution >= 4 is 45.9 Å². The van der Waals surface area contributed by atoms with Crippen LogP contribution in [-0.2, 0) is 12.1 Å². The first-order chi connectivity index (χ1) is 10.9. The minimum Gasteiger partial charge on any atom is -0.466 e. The van der Waals surface area contributed by atoms with E-state index in [9.17, 15) is 9.50 Å². The van der Waals surface area contributed by atoms with Crippen LogP contribution in [0, 0.1) is 5.82 Å². The van der Waals surface area contributed by atoms with Crippen molar-refractivity contribution in [2.24, 2.45) is 4.99 Å². The number of nitrogens with zero attached hydrogens (tertiary/aromatic N) is 1. The Labute approximate surface area is 165 Å². The first-order valence-corrected chi connectivity index (χ1v) is 7.86. The first-order valence-electron chi connectivity index (χ1n) is 7.06. The summed E-state index contributed by atoms with van der Waals surface area (Å²) in [5, 5.41) is 16.5. The van der Waals surface area contributed by atoms with Gasteiger partial charge in [0.05, 0.1) is 12.8 Å². The number of benzene rings is 1. The predicted octanol–water partition coefficient (Wildman–Crippen LogP) is 3.37. The van der Waals surface area contributed by atoms with Crippen LogP contribution in [0.5, 0.6) is 0 Å². The molecule has 0 aliphatic heterocycles. The Morgan fingerprint density at radius 3 is 2.71 bits per heavy atom. The number of hydrogen-bond acceptors (Lipinski definition) is 3. The van der Waals surface area contributed by atoms with Gasteiger partial charge in [-0.25, -0.2) is 4.39 Å². The van der Waals surface area contributed by atoms with Crippen molar-refractivity contribution in [3.63, 3.8) is 0 Å². The third kappa shape index (κ3) is 6.06. The summed E-state index contributed by atoms with van der Waals surface area (Å²) in [5.74, 6) is 0.659. The van der Waals surface area contributed by atoms with Crippen LogP contribution >= 0.6 is 39.9 Å². The average Bonchev–Trinajstić information content (AvgIpc) is 3.01. The zero-order chi connectivity index (χ0) is 16.9. The van der Waals surface area contributed by atoms with E-state index in [4.69, 9.17) is 4.42 Å². The Kier molecular flexibility index (Phi) is 8.17. The third-order valence-electron chi connectivity index (χ3n) is 3.26. The highest BCUT2D eigenvalue weighted by molar-refractivity contribution is 14.0. The number of hydrogen-bond donors (Lipinski definition) is 3. The lowest BCUT2D eigenvalue weighted by Gasteiger charge is -2.22. The zero-order valence-corrected chi connectivity index (χ0v) is 17.3. The van der Waals surface area contributed by atoms with E-state index in [0.717, 1.165) is 5.56 Å². The molecule has 0 amide bonds. The van der Waals surface area contributed by atoms with Gasteiger partial charge in [-0.3, -0.25) is 4.99 Å². The predicted molar refractivity (Wildman–Crippen MR) is 106 cm³/mol. The molecule has 0 fully saturated rings. The van der Waals surface area contributed by atoms with Crippen LogP contribution < -0.4 is 10.6 Å². The fraction of sp³-hybridized carbons (Fsp3) is 0.312. The number of furan rings is 1. The smallest absolute Gasteiger partial charge is 0.191 e. The van der Waals surface area contributed by atoms with Gasteiger partial charge in [0, 0.05) is 18.1 Å². The van der Waals surface area contributed by atoms with Crippen molar-refractivity contribution in [3.8, 4) is 0 Å². The second-order valence-electron chi connectivity index (χ2n) is 5.31. The summed E-state index contributed by atoms with van der Waals surface area (Å²) in [7, 11) is 1.62. The molecule has 0 aliphatic rings. The highest BCUT2D eigenvalue weighted by Gasteiger charge is 2.26. The molecule has 0 radical (unpaired) electrons. The van der Waals surface area contributed by atoms with Gasteiger partial charge in [-0.1, -0.05) is 15.9 Å². The Morgan fingerprint density at radius 2 is 2.12 bits per heavy atom. The minimum absolute atomic E-state index is 0. The van der Waals surface area contributed by atoms with Crippen LogP contribution in [0.4, 0.5) is 4.39 Å². The lowest BCUT2D eigenvalue weighted by molar-refractivity contribution is 0.0386. The Morgan fingerprint density at radius 1 is 1.38 bits per heavy atom. The quantitative estimate of drug-likeness (QED) is 0.327. The molecule has 0 saturated heterocycles. The first kappa shape index (κ1) is 20.9. The molecule has 3 N–H and O–H groups in total. The number of aliphatic imine (C=N–C) groups is 1. The van der Waals surface area contributed by atoms with Gasteiger partial charge in [0.2, 0.25) is 0 Å². The average molecular weight is 512 g/mol. The van der Waals surface area contributed by atoms with Gasteiger partial charge in [-0.15, -0.1) is 24.0 Å². The molecule has 0 spiro atoms. The van der Waals surface area contributed by atoms with Gasteiger partial charge in [0.15, 0.2) is 5.96 Å². The molecule has 1 atom stereocenters. The van der Waals surface area contributed by atoms with Gasteiger partial charge in [0.1, 0.15) is 17.2 Å². The van der Waals surface area contributed by atoms with Crippen molar-refractivity contribution in [1.82, 2.24) is 10.6 Å². The summed E-state index contributed by atoms with van der Waals surface area (Å²) in [4.78, 5) is 4.08. The van der Waals surface area contributed by atoms with Gasteiger partial charge in [0.25, 0.3) is 0 Å². The van der Waals surface area contributed by atoms with Crippen molar-refractivity contribution < 1.29 is 13.9 Å². The van der Waals surface area contributed by atoms with E-state index in [0.29, 0.717) is 22.7 Å². The van der Waals surface area contributed by atoms with Crippen LogP contribution in [0.1, 0.15) is 18.2 Å². The monoisotopic (exact) mass is 511 g/mol. The molecule has 8 heteroatoms. The summed E-state index contributed by atoms with van der Waals surface area (Å²) < 4.78 is 19.3. The number of halogens is 3.